The van der Waals surface area contributed by atoms with E-state index < -0.39 is 27.2 Å². The Morgan fingerprint density at radius 1 is 1.55 bits per heavy atom. The third-order valence-corrected chi connectivity index (χ3v) is 6.27. The van der Waals surface area contributed by atoms with Crippen LogP contribution in [-0.2, 0) is 26.1 Å². The zero-order valence-electron chi connectivity index (χ0n) is 11.5. The van der Waals surface area contributed by atoms with Gasteiger partial charge in [-0.3, -0.25) is 4.79 Å². The average molecular weight is 318 g/mol. The van der Waals surface area contributed by atoms with E-state index >= 15 is 0 Å². The number of ether oxygens (including phenoxy) is 1. The maximum absolute atomic E-state index is 12.3. The summed E-state index contributed by atoms with van der Waals surface area (Å²) >= 11 is 1.45. The highest BCUT2D eigenvalue weighted by molar-refractivity contribution is 7.90. The van der Waals surface area contributed by atoms with E-state index in [-0.39, 0.29) is 6.54 Å². The van der Waals surface area contributed by atoms with Crippen molar-refractivity contribution in [2.24, 2.45) is 5.92 Å². The van der Waals surface area contributed by atoms with Crippen LogP contribution in [0.25, 0.3) is 0 Å². The summed E-state index contributed by atoms with van der Waals surface area (Å²) in [6.07, 6.45) is 3.49. The molecule has 8 heteroatoms. The van der Waals surface area contributed by atoms with Crippen LogP contribution >= 0.6 is 11.3 Å². The quantitative estimate of drug-likeness (QED) is 0.825. The smallest absolute Gasteiger partial charge is 0.310 e. The number of carbonyl (C=O) groups is 1. The topological polar surface area (TPSA) is 85.4 Å². The van der Waals surface area contributed by atoms with E-state index in [0.29, 0.717) is 12.8 Å². The third kappa shape index (κ3) is 3.36. The minimum absolute atomic E-state index is 0.172. The molecule has 0 saturated heterocycles. The number of aromatic nitrogens is 1. The van der Waals surface area contributed by atoms with Gasteiger partial charge in [-0.1, -0.05) is 6.42 Å². The molecule has 1 aromatic heterocycles. The maximum atomic E-state index is 12.3. The maximum Gasteiger partial charge on any atom is 0.310 e. The van der Waals surface area contributed by atoms with Crippen LogP contribution in [0.1, 0.15) is 29.1 Å². The predicted molar refractivity (Wildman–Crippen MR) is 75.8 cm³/mol. The molecule has 0 amide bonds. The Balaban J connectivity index is 2.04. The van der Waals surface area contributed by atoms with Gasteiger partial charge in [0, 0.05) is 11.1 Å². The van der Waals surface area contributed by atoms with E-state index in [1.54, 1.807) is 6.20 Å². The fourth-order valence-corrected chi connectivity index (χ4v) is 5.00. The van der Waals surface area contributed by atoms with Crippen molar-refractivity contribution >= 4 is 27.3 Å². The molecule has 112 valence electrons. The molecule has 1 saturated carbocycles. The van der Waals surface area contributed by atoms with Crippen molar-refractivity contribution in [1.29, 1.82) is 0 Å². The first kappa shape index (κ1) is 15.4. The van der Waals surface area contributed by atoms with E-state index in [1.165, 1.54) is 18.4 Å². The minimum atomic E-state index is -3.54. The number of sulfonamides is 1. The highest BCUT2D eigenvalue weighted by Crippen LogP contribution is 2.31. The molecule has 1 N–H and O–H groups in total. The molecule has 1 heterocycles. The van der Waals surface area contributed by atoms with E-state index in [1.807, 2.05) is 6.92 Å². The molecule has 20 heavy (non-hydrogen) atoms. The van der Waals surface area contributed by atoms with Crippen molar-refractivity contribution in [3.05, 3.63) is 16.1 Å². The zero-order valence-corrected chi connectivity index (χ0v) is 13.1. The van der Waals surface area contributed by atoms with Gasteiger partial charge in [0.25, 0.3) is 0 Å². The van der Waals surface area contributed by atoms with Crippen molar-refractivity contribution < 1.29 is 17.9 Å². The Morgan fingerprint density at radius 3 is 2.90 bits per heavy atom. The van der Waals surface area contributed by atoms with E-state index in [0.717, 1.165) is 16.3 Å². The number of nitrogens with zero attached hydrogens (tertiary/aromatic N) is 1. The molecule has 0 radical (unpaired) electrons. The monoisotopic (exact) mass is 318 g/mol. The SMILES string of the molecule is COC(=O)C1CCCC1S(=O)(=O)NCc1ncc(C)s1. The summed E-state index contributed by atoms with van der Waals surface area (Å²) in [5.41, 5.74) is 0. The number of rotatable bonds is 5. The van der Waals surface area contributed by atoms with Crippen LogP contribution in [-0.4, -0.2) is 31.7 Å². The zero-order chi connectivity index (χ0) is 14.8. The van der Waals surface area contributed by atoms with Crippen LogP contribution in [0.15, 0.2) is 6.20 Å². The van der Waals surface area contributed by atoms with Gasteiger partial charge in [-0.05, 0) is 19.8 Å². The van der Waals surface area contributed by atoms with Crippen LogP contribution in [0, 0.1) is 12.8 Å². The summed E-state index contributed by atoms with van der Waals surface area (Å²) in [4.78, 5) is 16.8. The van der Waals surface area contributed by atoms with Gasteiger partial charge in [-0.15, -0.1) is 11.3 Å². The summed E-state index contributed by atoms with van der Waals surface area (Å²) < 4.78 is 31.8. The summed E-state index contributed by atoms with van der Waals surface area (Å²) in [6.45, 7) is 2.09. The molecule has 0 aromatic carbocycles. The van der Waals surface area contributed by atoms with E-state index in [4.69, 9.17) is 0 Å². The standard InChI is InChI=1S/C12H18N2O4S2/c1-8-6-13-11(19-8)7-14-20(16,17)10-5-3-4-9(10)12(15)18-2/h6,9-10,14H,3-5,7H2,1-2H3. The number of methoxy groups -OCH3 is 1. The normalized spacial score (nSPS) is 22.9. The molecule has 1 fully saturated rings. The molecular formula is C12H18N2O4S2. The number of thiazole rings is 1. The van der Waals surface area contributed by atoms with Crippen LogP contribution in [0.4, 0.5) is 0 Å². The second-order valence-electron chi connectivity index (χ2n) is 4.83. The van der Waals surface area contributed by atoms with Crippen molar-refractivity contribution in [1.82, 2.24) is 9.71 Å². The number of hydrogen-bond donors (Lipinski definition) is 1. The Morgan fingerprint density at radius 2 is 2.30 bits per heavy atom. The second kappa shape index (κ2) is 6.19. The van der Waals surface area contributed by atoms with Gasteiger partial charge in [-0.25, -0.2) is 18.1 Å². The van der Waals surface area contributed by atoms with Crippen molar-refractivity contribution in [2.45, 2.75) is 38.0 Å². The van der Waals surface area contributed by atoms with Crippen LogP contribution in [0.2, 0.25) is 0 Å². The molecule has 2 unspecified atom stereocenters. The lowest BCUT2D eigenvalue weighted by atomic mass is 10.1. The average Bonchev–Trinajstić information content (AvgIpc) is 3.04. The number of aryl methyl sites for hydroxylation is 1. The lowest BCUT2D eigenvalue weighted by molar-refractivity contribution is -0.145. The van der Waals surface area contributed by atoms with Gasteiger partial charge in [-0.2, -0.15) is 0 Å². The van der Waals surface area contributed by atoms with Gasteiger partial charge in [0.15, 0.2) is 0 Å². The van der Waals surface area contributed by atoms with Crippen molar-refractivity contribution in [3.8, 4) is 0 Å². The first-order valence-electron chi connectivity index (χ1n) is 6.41. The number of esters is 1. The summed E-state index contributed by atoms with van der Waals surface area (Å²) in [6, 6.07) is 0. The molecule has 0 aliphatic heterocycles. The number of carbonyl (C=O) groups excluding carboxylic acids is 1. The van der Waals surface area contributed by atoms with E-state index in [9.17, 15) is 13.2 Å². The first-order chi connectivity index (χ1) is 9.44. The largest absolute Gasteiger partial charge is 0.469 e. The summed E-state index contributed by atoms with van der Waals surface area (Å²) in [5.74, 6) is -1.00. The van der Waals surface area contributed by atoms with Gasteiger partial charge >= 0.3 is 5.97 Å². The molecule has 0 bridgehead atoms. The molecule has 6 nitrogen and oxygen atoms in total. The lowest BCUT2D eigenvalue weighted by Crippen LogP contribution is -2.39. The molecule has 0 spiro atoms. The number of nitrogens with one attached hydrogen (secondary N) is 1. The Hall–Kier alpha value is -0.990. The van der Waals surface area contributed by atoms with Crippen LogP contribution < -0.4 is 4.72 Å². The Labute approximate surface area is 122 Å². The van der Waals surface area contributed by atoms with Crippen LogP contribution in [0.5, 0.6) is 0 Å². The van der Waals surface area contributed by atoms with Gasteiger partial charge in [0.05, 0.1) is 24.8 Å². The minimum Gasteiger partial charge on any atom is -0.469 e. The first-order valence-corrected chi connectivity index (χ1v) is 8.78. The Bertz CT molecular complexity index is 582. The fraction of sp³-hybridized carbons (Fsp3) is 0.667. The molecule has 2 atom stereocenters. The Kier molecular flexibility index (Phi) is 4.77. The van der Waals surface area contributed by atoms with Gasteiger partial charge in [0.2, 0.25) is 10.0 Å². The molecule has 1 aliphatic carbocycles. The summed E-state index contributed by atoms with van der Waals surface area (Å²) in [5, 5.41) is 0.0229. The summed E-state index contributed by atoms with van der Waals surface area (Å²) in [7, 11) is -2.25. The van der Waals surface area contributed by atoms with Crippen molar-refractivity contribution in [2.75, 3.05) is 7.11 Å². The fourth-order valence-electron chi connectivity index (χ4n) is 2.47. The van der Waals surface area contributed by atoms with Gasteiger partial charge < -0.3 is 4.74 Å². The van der Waals surface area contributed by atoms with Crippen LogP contribution in [0.3, 0.4) is 0 Å². The third-order valence-electron chi connectivity index (χ3n) is 3.45. The van der Waals surface area contributed by atoms with Gasteiger partial charge in [0.1, 0.15) is 5.01 Å². The lowest BCUT2D eigenvalue weighted by Gasteiger charge is -2.18. The van der Waals surface area contributed by atoms with Crippen molar-refractivity contribution in [3.63, 3.8) is 0 Å². The second-order valence-corrected chi connectivity index (χ2v) is 8.13. The number of hydrogen-bond acceptors (Lipinski definition) is 6. The molecule has 1 aromatic rings. The highest BCUT2D eigenvalue weighted by atomic mass is 32.2. The molecule has 1 aliphatic rings. The highest BCUT2D eigenvalue weighted by Gasteiger charge is 2.42. The molecule has 2 rings (SSSR count). The predicted octanol–water partition coefficient (Wildman–Crippen LogP) is 1.21. The molecular weight excluding hydrogens is 300 g/mol. The van der Waals surface area contributed by atoms with E-state index in [2.05, 4.69) is 14.4 Å².